The van der Waals surface area contributed by atoms with Crippen LogP contribution in [0.5, 0.6) is 17.2 Å². The predicted molar refractivity (Wildman–Crippen MR) is 95.1 cm³/mol. The van der Waals surface area contributed by atoms with E-state index < -0.39 is 6.10 Å². The summed E-state index contributed by atoms with van der Waals surface area (Å²) in [6.07, 6.45) is -0.517. The highest BCUT2D eigenvalue weighted by Gasteiger charge is 2.30. The van der Waals surface area contributed by atoms with Crippen molar-refractivity contribution in [1.82, 2.24) is 0 Å². The molecule has 1 unspecified atom stereocenters. The van der Waals surface area contributed by atoms with Gasteiger partial charge < -0.3 is 24.4 Å². The third-order valence-electron chi connectivity index (χ3n) is 4.38. The van der Waals surface area contributed by atoms with Crippen molar-refractivity contribution in [2.75, 3.05) is 23.6 Å². The summed E-state index contributed by atoms with van der Waals surface area (Å²) in [7, 11) is 0. The number of fused-ring (bicyclic) bond motifs is 2. The average Bonchev–Trinajstić information content (AvgIpc) is 3.11. The van der Waals surface area contributed by atoms with Gasteiger partial charge in [0, 0.05) is 17.8 Å². The fourth-order valence-electron chi connectivity index (χ4n) is 3.05. The number of benzene rings is 2. The zero-order valence-electron chi connectivity index (χ0n) is 14.4. The van der Waals surface area contributed by atoms with E-state index >= 15 is 0 Å². The van der Waals surface area contributed by atoms with Crippen molar-refractivity contribution < 1.29 is 23.8 Å². The first-order valence-electron chi connectivity index (χ1n) is 8.40. The lowest BCUT2D eigenvalue weighted by Gasteiger charge is -2.32. The van der Waals surface area contributed by atoms with Crippen molar-refractivity contribution >= 4 is 23.2 Å². The van der Waals surface area contributed by atoms with Crippen LogP contribution in [0.15, 0.2) is 36.4 Å². The first-order chi connectivity index (χ1) is 12.6. The predicted octanol–water partition coefficient (Wildman–Crippen LogP) is 2.80. The molecule has 1 N–H and O–H groups in total. The van der Waals surface area contributed by atoms with Crippen LogP contribution in [0.2, 0.25) is 0 Å². The maximum absolute atomic E-state index is 12.5. The molecular weight excluding hydrogens is 336 g/mol. The quantitative estimate of drug-likeness (QED) is 0.917. The number of anilines is 2. The van der Waals surface area contributed by atoms with Gasteiger partial charge in [-0.25, -0.2) is 0 Å². The molecule has 0 radical (unpaired) electrons. The number of amides is 2. The molecule has 4 rings (SSSR count). The monoisotopic (exact) mass is 354 g/mol. The Bertz CT molecular complexity index is 895. The third-order valence-corrected chi connectivity index (χ3v) is 4.38. The van der Waals surface area contributed by atoms with Gasteiger partial charge in [0.1, 0.15) is 5.75 Å². The molecule has 0 saturated heterocycles. The highest BCUT2D eigenvalue weighted by atomic mass is 16.7. The minimum Gasteiger partial charge on any atom is -0.479 e. The van der Waals surface area contributed by atoms with Crippen LogP contribution in [-0.2, 0) is 4.79 Å². The molecule has 7 nitrogen and oxygen atoms in total. The number of nitrogens with zero attached hydrogens (tertiary/aromatic N) is 1. The molecule has 0 spiro atoms. The van der Waals surface area contributed by atoms with Gasteiger partial charge >= 0.3 is 0 Å². The van der Waals surface area contributed by atoms with E-state index in [-0.39, 0.29) is 18.6 Å². The Morgan fingerprint density at radius 3 is 2.73 bits per heavy atom. The topological polar surface area (TPSA) is 77.1 Å². The van der Waals surface area contributed by atoms with E-state index in [0.717, 1.165) is 0 Å². The van der Waals surface area contributed by atoms with Crippen LogP contribution in [0, 0.1) is 0 Å². The Labute approximate surface area is 150 Å². The molecular formula is C19H18N2O5. The summed E-state index contributed by atoms with van der Waals surface area (Å²) >= 11 is 0. The Morgan fingerprint density at radius 1 is 1.15 bits per heavy atom. The van der Waals surface area contributed by atoms with Crippen molar-refractivity contribution in [2.24, 2.45) is 0 Å². The molecule has 0 aromatic heterocycles. The number of ether oxygens (including phenoxy) is 3. The molecule has 1 atom stereocenters. The second kappa shape index (κ2) is 6.25. The Morgan fingerprint density at radius 2 is 1.92 bits per heavy atom. The molecule has 0 saturated carbocycles. The number of nitrogens with one attached hydrogen (secondary N) is 1. The summed E-state index contributed by atoms with van der Waals surface area (Å²) in [5, 5.41) is 2.84. The van der Waals surface area contributed by atoms with Gasteiger partial charge in [0.05, 0.1) is 5.69 Å². The van der Waals surface area contributed by atoms with Crippen molar-refractivity contribution in [2.45, 2.75) is 20.0 Å². The summed E-state index contributed by atoms with van der Waals surface area (Å²) in [4.78, 5) is 26.5. The highest BCUT2D eigenvalue weighted by Crippen LogP contribution is 2.37. The Balaban J connectivity index is 1.58. The van der Waals surface area contributed by atoms with E-state index in [4.69, 9.17) is 14.2 Å². The van der Waals surface area contributed by atoms with Crippen LogP contribution < -0.4 is 24.4 Å². The molecule has 2 aliphatic heterocycles. The zero-order chi connectivity index (χ0) is 18.3. The molecule has 26 heavy (non-hydrogen) atoms. The first-order valence-corrected chi connectivity index (χ1v) is 8.40. The number of carbonyl (C=O) groups is 2. The van der Waals surface area contributed by atoms with E-state index in [1.54, 1.807) is 48.2 Å². The van der Waals surface area contributed by atoms with Crippen molar-refractivity contribution in [3.8, 4) is 17.2 Å². The highest BCUT2D eigenvalue weighted by molar-refractivity contribution is 6.06. The van der Waals surface area contributed by atoms with Crippen molar-refractivity contribution in [3.05, 3.63) is 42.0 Å². The maximum Gasteiger partial charge on any atom is 0.267 e. The van der Waals surface area contributed by atoms with Gasteiger partial charge in [-0.3, -0.25) is 9.59 Å². The number of hydrogen-bond acceptors (Lipinski definition) is 5. The summed E-state index contributed by atoms with van der Waals surface area (Å²) in [5.41, 5.74) is 1.69. The molecule has 0 fully saturated rings. The van der Waals surface area contributed by atoms with Crippen LogP contribution in [0.25, 0.3) is 0 Å². The molecule has 2 aromatic rings. The Kier molecular flexibility index (Phi) is 3.91. The lowest BCUT2D eigenvalue weighted by Crippen LogP contribution is -2.44. The maximum atomic E-state index is 12.5. The van der Waals surface area contributed by atoms with Gasteiger partial charge in [-0.1, -0.05) is 0 Å². The van der Waals surface area contributed by atoms with Gasteiger partial charge in [0.15, 0.2) is 17.6 Å². The Hall–Kier alpha value is -3.22. The van der Waals surface area contributed by atoms with Crippen LogP contribution in [0.4, 0.5) is 11.4 Å². The smallest absolute Gasteiger partial charge is 0.267 e. The number of likely N-dealkylation sites (N-methyl/N-ethyl adjacent to an activating group) is 1. The second-order valence-corrected chi connectivity index (χ2v) is 6.05. The molecule has 134 valence electrons. The van der Waals surface area contributed by atoms with Gasteiger partial charge in [-0.05, 0) is 50.2 Å². The largest absolute Gasteiger partial charge is 0.479 e. The van der Waals surface area contributed by atoms with Crippen LogP contribution >= 0.6 is 0 Å². The summed E-state index contributed by atoms with van der Waals surface area (Å²) in [6.45, 7) is 4.31. The normalized spacial score (nSPS) is 17.5. The van der Waals surface area contributed by atoms with E-state index in [0.29, 0.717) is 40.7 Å². The fourth-order valence-corrected chi connectivity index (χ4v) is 3.05. The molecule has 0 bridgehead atoms. The van der Waals surface area contributed by atoms with Gasteiger partial charge in [0.2, 0.25) is 6.79 Å². The minimum atomic E-state index is -0.517. The number of rotatable bonds is 3. The number of hydrogen-bond donors (Lipinski definition) is 1. The van der Waals surface area contributed by atoms with Crippen molar-refractivity contribution in [3.63, 3.8) is 0 Å². The first kappa shape index (κ1) is 16.3. The van der Waals surface area contributed by atoms with Gasteiger partial charge in [-0.2, -0.15) is 0 Å². The molecule has 2 aliphatic rings. The van der Waals surface area contributed by atoms with Crippen LogP contribution in [0.3, 0.4) is 0 Å². The van der Waals surface area contributed by atoms with Crippen LogP contribution in [-0.4, -0.2) is 31.3 Å². The zero-order valence-corrected chi connectivity index (χ0v) is 14.4. The van der Waals surface area contributed by atoms with E-state index in [2.05, 4.69) is 5.32 Å². The summed E-state index contributed by atoms with van der Waals surface area (Å²) in [6, 6.07) is 10.3. The fraction of sp³-hybridized carbons (Fsp3) is 0.263. The lowest BCUT2D eigenvalue weighted by atomic mass is 10.1. The van der Waals surface area contributed by atoms with E-state index in [9.17, 15) is 9.59 Å². The standard InChI is InChI=1S/C19H18N2O5/c1-3-21-14-9-13(5-7-15(14)26-11(2)19(21)23)20-18(22)12-4-6-16-17(8-12)25-10-24-16/h4-9,11H,3,10H2,1-2H3,(H,20,22). The number of carbonyl (C=O) groups excluding carboxylic acids is 2. The molecule has 2 heterocycles. The van der Waals surface area contributed by atoms with Gasteiger partial charge in [0.25, 0.3) is 11.8 Å². The minimum absolute atomic E-state index is 0.0979. The molecule has 7 heteroatoms. The molecule has 0 aliphatic carbocycles. The van der Waals surface area contributed by atoms with Crippen molar-refractivity contribution in [1.29, 1.82) is 0 Å². The lowest BCUT2D eigenvalue weighted by molar-refractivity contribution is -0.125. The molecule has 2 aromatic carbocycles. The summed E-state index contributed by atoms with van der Waals surface area (Å²) < 4.78 is 16.2. The van der Waals surface area contributed by atoms with E-state index in [1.165, 1.54) is 0 Å². The second-order valence-electron chi connectivity index (χ2n) is 6.05. The molecule has 2 amide bonds. The third kappa shape index (κ3) is 2.71. The SMILES string of the molecule is CCN1C(=O)C(C)Oc2ccc(NC(=O)c3ccc4c(c3)OCO4)cc21. The average molecular weight is 354 g/mol. The summed E-state index contributed by atoms with van der Waals surface area (Å²) in [5.74, 6) is 1.42. The van der Waals surface area contributed by atoms with Gasteiger partial charge in [-0.15, -0.1) is 0 Å². The van der Waals surface area contributed by atoms with E-state index in [1.807, 2.05) is 6.92 Å². The van der Waals surface area contributed by atoms with Crippen LogP contribution in [0.1, 0.15) is 24.2 Å².